The molecule has 0 atom stereocenters. The van der Waals surface area contributed by atoms with Gasteiger partial charge in [-0.3, -0.25) is 0 Å². The van der Waals surface area contributed by atoms with Crippen LogP contribution in [0.15, 0.2) is 18.2 Å². The quantitative estimate of drug-likeness (QED) is 0.788. The van der Waals surface area contributed by atoms with Crippen molar-refractivity contribution in [1.82, 2.24) is 10.2 Å². The van der Waals surface area contributed by atoms with Gasteiger partial charge in [-0.15, -0.1) is 0 Å². The predicted octanol–water partition coefficient (Wildman–Crippen LogP) is 2.66. The molecule has 1 aromatic rings. The molecule has 1 saturated carbocycles. The smallest absolute Gasteiger partial charge is 0.142 e. The van der Waals surface area contributed by atoms with Crippen LogP contribution < -0.4 is 5.32 Å². The van der Waals surface area contributed by atoms with Gasteiger partial charge in [0.15, 0.2) is 0 Å². The Balaban J connectivity index is 1.72. The summed E-state index contributed by atoms with van der Waals surface area (Å²) in [5, 5.41) is 3.52. The first-order valence-corrected chi connectivity index (χ1v) is 6.40. The van der Waals surface area contributed by atoms with Gasteiger partial charge in [-0.2, -0.15) is 0 Å². The molecular weight excluding hydrogens is 239 g/mol. The van der Waals surface area contributed by atoms with Crippen molar-refractivity contribution in [1.29, 1.82) is 0 Å². The second kappa shape index (κ2) is 5.80. The standard InChI is InChI=1S/C13H18ClFN2/c1-17(11-5-6-11)8-7-16-9-10-3-2-4-12(15)13(10)14/h2-4,11,16H,5-9H2,1H3. The molecule has 0 bridgehead atoms. The third-order valence-electron chi connectivity index (χ3n) is 3.16. The van der Waals surface area contributed by atoms with E-state index in [1.807, 2.05) is 6.07 Å². The molecular formula is C13H18ClFN2. The Hall–Kier alpha value is -0.640. The normalized spacial score (nSPS) is 15.5. The van der Waals surface area contributed by atoms with Crippen LogP contribution in [0, 0.1) is 5.82 Å². The van der Waals surface area contributed by atoms with Crippen molar-refractivity contribution in [2.75, 3.05) is 20.1 Å². The van der Waals surface area contributed by atoms with Crippen molar-refractivity contribution in [3.05, 3.63) is 34.6 Å². The van der Waals surface area contributed by atoms with E-state index in [0.717, 1.165) is 24.7 Å². The first-order chi connectivity index (χ1) is 8.18. The van der Waals surface area contributed by atoms with E-state index in [-0.39, 0.29) is 10.8 Å². The molecule has 0 heterocycles. The molecule has 2 rings (SSSR count). The van der Waals surface area contributed by atoms with Gasteiger partial charge in [0.1, 0.15) is 5.82 Å². The van der Waals surface area contributed by atoms with Crippen LogP contribution in [0.2, 0.25) is 5.02 Å². The van der Waals surface area contributed by atoms with E-state index in [1.54, 1.807) is 6.07 Å². The Morgan fingerprint density at radius 2 is 2.24 bits per heavy atom. The number of nitrogens with one attached hydrogen (secondary N) is 1. The third kappa shape index (κ3) is 3.66. The van der Waals surface area contributed by atoms with Gasteiger partial charge in [0.2, 0.25) is 0 Å². The average molecular weight is 257 g/mol. The molecule has 2 nitrogen and oxygen atoms in total. The summed E-state index contributed by atoms with van der Waals surface area (Å²) in [5.74, 6) is -0.346. The Morgan fingerprint density at radius 3 is 2.94 bits per heavy atom. The van der Waals surface area contributed by atoms with E-state index in [9.17, 15) is 4.39 Å². The van der Waals surface area contributed by atoms with E-state index in [0.29, 0.717) is 6.54 Å². The SMILES string of the molecule is CN(CCNCc1cccc(F)c1Cl)C1CC1. The van der Waals surface area contributed by atoms with Gasteiger partial charge in [-0.1, -0.05) is 23.7 Å². The molecule has 4 heteroatoms. The summed E-state index contributed by atoms with van der Waals surface area (Å²) in [6.07, 6.45) is 2.65. The zero-order valence-electron chi connectivity index (χ0n) is 10.0. The van der Waals surface area contributed by atoms with Gasteiger partial charge in [0.25, 0.3) is 0 Å². The van der Waals surface area contributed by atoms with E-state index in [1.165, 1.54) is 18.9 Å². The van der Waals surface area contributed by atoms with Crippen LogP contribution in [0.25, 0.3) is 0 Å². The second-order valence-corrected chi connectivity index (χ2v) is 4.98. The third-order valence-corrected chi connectivity index (χ3v) is 3.58. The minimum atomic E-state index is -0.346. The molecule has 17 heavy (non-hydrogen) atoms. The highest BCUT2D eigenvalue weighted by molar-refractivity contribution is 6.31. The Kier molecular flexibility index (Phi) is 4.37. The fourth-order valence-electron chi connectivity index (χ4n) is 1.86. The van der Waals surface area contributed by atoms with Crippen LogP contribution in [0.4, 0.5) is 4.39 Å². The minimum absolute atomic E-state index is 0.232. The summed E-state index contributed by atoms with van der Waals surface area (Å²) in [4.78, 5) is 2.36. The predicted molar refractivity (Wildman–Crippen MR) is 68.8 cm³/mol. The molecule has 0 aliphatic heterocycles. The van der Waals surface area contributed by atoms with Crippen molar-refractivity contribution in [2.45, 2.75) is 25.4 Å². The van der Waals surface area contributed by atoms with Crippen molar-refractivity contribution in [2.24, 2.45) is 0 Å². The van der Waals surface area contributed by atoms with Crippen LogP contribution in [0.3, 0.4) is 0 Å². The molecule has 1 aromatic carbocycles. The van der Waals surface area contributed by atoms with Crippen LogP contribution in [-0.2, 0) is 6.54 Å². The number of hydrogen-bond acceptors (Lipinski definition) is 2. The largest absolute Gasteiger partial charge is 0.311 e. The first kappa shape index (κ1) is 12.8. The maximum Gasteiger partial charge on any atom is 0.142 e. The van der Waals surface area contributed by atoms with Gasteiger partial charge in [-0.25, -0.2) is 4.39 Å². The number of nitrogens with zero attached hydrogens (tertiary/aromatic N) is 1. The highest BCUT2D eigenvalue weighted by Crippen LogP contribution is 2.24. The van der Waals surface area contributed by atoms with Gasteiger partial charge in [-0.05, 0) is 31.5 Å². The van der Waals surface area contributed by atoms with Crippen molar-refractivity contribution < 1.29 is 4.39 Å². The summed E-state index contributed by atoms with van der Waals surface area (Å²) in [7, 11) is 2.15. The highest BCUT2D eigenvalue weighted by Gasteiger charge is 2.25. The van der Waals surface area contributed by atoms with Crippen molar-refractivity contribution >= 4 is 11.6 Å². The minimum Gasteiger partial charge on any atom is -0.311 e. The number of rotatable bonds is 6. The molecule has 1 fully saturated rings. The Morgan fingerprint density at radius 1 is 1.47 bits per heavy atom. The first-order valence-electron chi connectivity index (χ1n) is 6.02. The molecule has 0 amide bonds. The maximum atomic E-state index is 13.2. The van der Waals surface area contributed by atoms with Gasteiger partial charge < -0.3 is 10.2 Å². The molecule has 94 valence electrons. The molecule has 0 saturated heterocycles. The van der Waals surface area contributed by atoms with Crippen LogP contribution in [0.1, 0.15) is 18.4 Å². The lowest BCUT2D eigenvalue weighted by molar-refractivity contribution is 0.321. The van der Waals surface area contributed by atoms with Crippen LogP contribution in [-0.4, -0.2) is 31.1 Å². The summed E-state index contributed by atoms with van der Waals surface area (Å²) < 4.78 is 13.2. The Labute approximate surface area is 107 Å². The van der Waals surface area contributed by atoms with E-state index in [2.05, 4.69) is 17.3 Å². The summed E-state index contributed by atoms with van der Waals surface area (Å²) in [6, 6.07) is 5.71. The zero-order chi connectivity index (χ0) is 12.3. The maximum absolute atomic E-state index is 13.2. The molecule has 1 aliphatic rings. The Bertz CT molecular complexity index is 380. The molecule has 0 unspecified atom stereocenters. The molecule has 1 N–H and O–H groups in total. The molecule has 0 aromatic heterocycles. The summed E-state index contributed by atoms with van der Waals surface area (Å²) >= 11 is 5.87. The fraction of sp³-hybridized carbons (Fsp3) is 0.538. The monoisotopic (exact) mass is 256 g/mol. The number of halogens is 2. The van der Waals surface area contributed by atoms with E-state index >= 15 is 0 Å². The lowest BCUT2D eigenvalue weighted by atomic mass is 10.2. The lowest BCUT2D eigenvalue weighted by Gasteiger charge is -2.16. The van der Waals surface area contributed by atoms with Gasteiger partial charge in [0, 0.05) is 25.7 Å². The summed E-state index contributed by atoms with van der Waals surface area (Å²) in [5.41, 5.74) is 0.820. The second-order valence-electron chi connectivity index (χ2n) is 4.60. The molecule has 0 radical (unpaired) electrons. The number of likely N-dealkylation sites (N-methyl/N-ethyl adjacent to an activating group) is 1. The topological polar surface area (TPSA) is 15.3 Å². The number of hydrogen-bond donors (Lipinski definition) is 1. The van der Waals surface area contributed by atoms with Crippen LogP contribution >= 0.6 is 11.6 Å². The summed E-state index contributed by atoms with van der Waals surface area (Å²) in [6.45, 7) is 2.55. The molecule has 1 aliphatic carbocycles. The average Bonchev–Trinajstić information content (AvgIpc) is 3.13. The van der Waals surface area contributed by atoms with Gasteiger partial charge >= 0.3 is 0 Å². The van der Waals surface area contributed by atoms with E-state index < -0.39 is 0 Å². The fourth-order valence-corrected chi connectivity index (χ4v) is 2.05. The lowest BCUT2D eigenvalue weighted by Crippen LogP contribution is -2.30. The molecule has 0 spiro atoms. The zero-order valence-corrected chi connectivity index (χ0v) is 10.8. The van der Waals surface area contributed by atoms with E-state index in [4.69, 9.17) is 11.6 Å². The van der Waals surface area contributed by atoms with Gasteiger partial charge in [0.05, 0.1) is 5.02 Å². The number of benzene rings is 1. The highest BCUT2D eigenvalue weighted by atomic mass is 35.5. The van der Waals surface area contributed by atoms with Crippen molar-refractivity contribution in [3.63, 3.8) is 0 Å². The van der Waals surface area contributed by atoms with Crippen molar-refractivity contribution in [3.8, 4) is 0 Å². The van der Waals surface area contributed by atoms with Crippen LogP contribution in [0.5, 0.6) is 0 Å².